The summed E-state index contributed by atoms with van der Waals surface area (Å²) in [6.45, 7) is 11.4. The molecule has 0 N–H and O–H groups in total. The minimum Gasteiger partial charge on any atom is -0.399 e. The SMILES string of the molecule is CCC(OC)OCCn1cc(B2OC(C)(C)C(C)(C)O2)cn1. The number of ether oxygens (including phenoxy) is 2. The van der Waals surface area contributed by atoms with Crippen molar-refractivity contribution in [3.63, 3.8) is 0 Å². The lowest BCUT2D eigenvalue weighted by molar-refractivity contribution is -0.126. The Kier molecular flexibility index (Phi) is 5.32. The fourth-order valence-electron chi connectivity index (χ4n) is 2.23. The summed E-state index contributed by atoms with van der Waals surface area (Å²) in [5, 5.41) is 4.34. The highest BCUT2D eigenvalue weighted by Crippen LogP contribution is 2.36. The molecule has 22 heavy (non-hydrogen) atoms. The van der Waals surface area contributed by atoms with Crippen LogP contribution in [0, 0.1) is 0 Å². The van der Waals surface area contributed by atoms with Crippen LogP contribution >= 0.6 is 0 Å². The van der Waals surface area contributed by atoms with Crippen molar-refractivity contribution >= 4 is 12.6 Å². The Hall–Kier alpha value is -0.885. The molecule has 2 heterocycles. The van der Waals surface area contributed by atoms with Gasteiger partial charge >= 0.3 is 7.12 Å². The van der Waals surface area contributed by atoms with E-state index in [4.69, 9.17) is 18.8 Å². The van der Waals surface area contributed by atoms with Crippen LogP contribution in [0.4, 0.5) is 0 Å². The van der Waals surface area contributed by atoms with Gasteiger partial charge in [-0.05, 0) is 34.1 Å². The first-order chi connectivity index (χ1) is 10.3. The molecule has 1 fully saturated rings. The molecule has 2 rings (SSSR count). The van der Waals surface area contributed by atoms with Crippen LogP contribution < -0.4 is 5.46 Å². The molecule has 0 bridgehead atoms. The molecule has 0 spiro atoms. The molecule has 0 amide bonds. The van der Waals surface area contributed by atoms with Gasteiger partial charge in [0.05, 0.1) is 24.4 Å². The molecule has 0 aliphatic carbocycles. The highest BCUT2D eigenvalue weighted by atomic mass is 16.7. The Balaban J connectivity index is 1.90. The molecule has 124 valence electrons. The molecule has 1 aliphatic heterocycles. The summed E-state index contributed by atoms with van der Waals surface area (Å²) in [4.78, 5) is 0. The molecule has 1 aromatic heterocycles. The molecule has 1 atom stereocenters. The lowest BCUT2D eigenvalue weighted by atomic mass is 9.82. The summed E-state index contributed by atoms with van der Waals surface area (Å²) in [5.74, 6) is 0. The van der Waals surface area contributed by atoms with E-state index in [1.54, 1.807) is 13.3 Å². The molecule has 7 heteroatoms. The summed E-state index contributed by atoms with van der Waals surface area (Å²) < 4.78 is 24.6. The first-order valence-corrected chi connectivity index (χ1v) is 7.81. The lowest BCUT2D eigenvalue weighted by Crippen LogP contribution is -2.41. The maximum Gasteiger partial charge on any atom is 0.498 e. The maximum absolute atomic E-state index is 6.01. The van der Waals surface area contributed by atoms with Crippen LogP contribution in [0.1, 0.15) is 41.0 Å². The van der Waals surface area contributed by atoms with Crippen LogP contribution in [0.2, 0.25) is 0 Å². The molecular formula is C15H27BN2O4. The molecule has 0 saturated carbocycles. The zero-order valence-electron chi connectivity index (χ0n) is 14.5. The Labute approximate surface area is 133 Å². The summed E-state index contributed by atoms with van der Waals surface area (Å²) in [6.07, 6.45) is 4.40. The standard InChI is InChI=1S/C15H27BN2O4/c1-7-13(19-6)20-9-8-18-11-12(10-17-18)16-21-14(2,3)15(4,5)22-16/h10-11,13H,7-9H2,1-6H3. The van der Waals surface area contributed by atoms with Gasteiger partial charge in [0.15, 0.2) is 6.29 Å². The van der Waals surface area contributed by atoms with Crippen molar-refractivity contribution in [2.75, 3.05) is 13.7 Å². The van der Waals surface area contributed by atoms with E-state index in [0.29, 0.717) is 13.2 Å². The normalized spacial score (nSPS) is 21.3. The number of hydrogen-bond donors (Lipinski definition) is 0. The van der Waals surface area contributed by atoms with Crippen LogP contribution in [0.5, 0.6) is 0 Å². The van der Waals surface area contributed by atoms with Crippen LogP contribution in [-0.2, 0) is 25.3 Å². The molecule has 0 radical (unpaired) electrons. The van der Waals surface area contributed by atoms with E-state index < -0.39 is 0 Å². The summed E-state index contributed by atoms with van der Waals surface area (Å²) in [7, 11) is 1.28. The number of hydrogen-bond acceptors (Lipinski definition) is 5. The van der Waals surface area contributed by atoms with Gasteiger partial charge in [-0.15, -0.1) is 0 Å². The van der Waals surface area contributed by atoms with Crippen molar-refractivity contribution in [2.45, 2.75) is 65.1 Å². The minimum absolute atomic E-state index is 0.155. The van der Waals surface area contributed by atoms with Gasteiger partial charge in [0.2, 0.25) is 0 Å². The van der Waals surface area contributed by atoms with E-state index in [-0.39, 0.29) is 24.6 Å². The van der Waals surface area contributed by atoms with Crippen molar-refractivity contribution < 1.29 is 18.8 Å². The molecule has 1 saturated heterocycles. The highest BCUT2D eigenvalue weighted by Gasteiger charge is 2.52. The van der Waals surface area contributed by atoms with Gasteiger partial charge in [0.1, 0.15) is 0 Å². The Morgan fingerprint density at radius 1 is 1.27 bits per heavy atom. The monoisotopic (exact) mass is 310 g/mol. The van der Waals surface area contributed by atoms with Crippen molar-refractivity contribution in [1.82, 2.24) is 9.78 Å². The van der Waals surface area contributed by atoms with Gasteiger partial charge in [-0.25, -0.2) is 0 Å². The smallest absolute Gasteiger partial charge is 0.399 e. The van der Waals surface area contributed by atoms with E-state index in [1.165, 1.54) is 0 Å². The van der Waals surface area contributed by atoms with Gasteiger partial charge in [0, 0.05) is 25.0 Å². The highest BCUT2D eigenvalue weighted by molar-refractivity contribution is 6.61. The summed E-state index contributed by atoms with van der Waals surface area (Å²) >= 11 is 0. The fraction of sp³-hybridized carbons (Fsp3) is 0.800. The summed E-state index contributed by atoms with van der Waals surface area (Å²) in [6, 6.07) is 0. The van der Waals surface area contributed by atoms with E-state index in [0.717, 1.165) is 11.9 Å². The third kappa shape index (κ3) is 3.71. The Morgan fingerprint density at radius 3 is 2.45 bits per heavy atom. The van der Waals surface area contributed by atoms with Crippen LogP contribution in [0.15, 0.2) is 12.4 Å². The summed E-state index contributed by atoms with van der Waals surface area (Å²) in [5.41, 5.74) is 0.253. The van der Waals surface area contributed by atoms with Crippen molar-refractivity contribution in [1.29, 1.82) is 0 Å². The van der Waals surface area contributed by atoms with Crippen molar-refractivity contribution in [3.05, 3.63) is 12.4 Å². The number of rotatable bonds is 7. The van der Waals surface area contributed by atoms with Crippen molar-refractivity contribution in [2.24, 2.45) is 0 Å². The van der Waals surface area contributed by atoms with E-state index in [9.17, 15) is 0 Å². The lowest BCUT2D eigenvalue weighted by Gasteiger charge is -2.32. The second kappa shape index (κ2) is 6.70. The first kappa shape index (κ1) is 17.5. The quantitative estimate of drug-likeness (QED) is 0.565. The van der Waals surface area contributed by atoms with Crippen LogP contribution in [-0.4, -0.2) is 48.1 Å². The largest absolute Gasteiger partial charge is 0.498 e. The Bertz CT molecular complexity index is 470. The average Bonchev–Trinajstić information content (AvgIpc) is 2.98. The van der Waals surface area contributed by atoms with Gasteiger partial charge in [0.25, 0.3) is 0 Å². The Morgan fingerprint density at radius 2 is 1.91 bits per heavy atom. The average molecular weight is 310 g/mol. The maximum atomic E-state index is 6.01. The molecule has 1 aromatic rings. The fourth-order valence-corrected chi connectivity index (χ4v) is 2.23. The molecular weight excluding hydrogens is 283 g/mol. The van der Waals surface area contributed by atoms with E-state index in [1.807, 2.05) is 45.5 Å². The third-order valence-electron chi connectivity index (χ3n) is 4.40. The minimum atomic E-state index is -0.373. The van der Waals surface area contributed by atoms with Crippen molar-refractivity contribution in [3.8, 4) is 0 Å². The topological polar surface area (TPSA) is 54.7 Å². The van der Waals surface area contributed by atoms with Gasteiger partial charge in [-0.1, -0.05) is 6.92 Å². The van der Waals surface area contributed by atoms with Gasteiger partial charge in [-0.3, -0.25) is 4.68 Å². The number of methoxy groups -OCH3 is 1. The third-order valence-corrected chi connectivity index (χ3v) is 4.40. The second-order valence-electron chi connectivity index (χ2n) is 6.57. The zero-order valence-corrected chi connectivity index (χ0v) is 14.5. The predicted octanol–water partition coefficient (Wildman–Crippen LogP) is 1.58. The van der Waals surface area contributed by atoms with Crippen LogP contribution in [0.25, 0.3) is 0 Å². The predicted molar refractivity (Wildman–Crippen MR) is 85.0 cm³/mol. The first-order valence-electron chi connectivity index (χ1n) is 7.81. The molecule has 0 aromatic carbocycles. The number of nitrogens with zero attached hydrogens (tertiary/aromatic N) is 2. The molecule has 1 unspecified atom stereocenters. The van der Waals surface area contributed by atoms with Gasteiger partial charge in [-0.2, -0.15) is 5.10 Å². The zero-order chi connectivity index (χ0) is 16.4. The van der Waals surface area contributed by atoms with E-state index in [2.05, 4.69) is 5.10 Å². The van der Waals surface area contributed by atoms with Crippen LogP contribution in [0.3, 0.4) is 0 Å². The number of aromatic nitrogens is 2. The van der Waals surface area contributed by atoms with Gasteiger partial charge < -0.3 is 18.8 Å². The molecule has 1 aliphatic rings. The molecule has 6 nitrogen and oxygen atoms in total. The van der Waals surface area contributed by atoms with E-state index >= 15 is 0 Å². The second-order valence-corrected chi connectivity index (χ2v) is 6.57.